The van der Waals surface area contributed by atoms with Crippen molar-refractivity contribution in [2.45, 2.75) is 110 Å². The van der Waals surface area contributed by atoms with E-state index in [-0.39, 0.29) is 29.3 Å². The van der Waals surface area contributed by atoms with Crippen LogP contribution >= 0.6 is 11.3 Å². The number of aromatic nitrogens is 5. The van der Waals surface area contributed by atoms with Crippen LogP contribution < -0.4 is 20.9 Å². The highest BCUT2D eigenvalue weighted by molar-refractivity contribution is 7.15. The van der Waals surface area contributed by atoms with Gasteiger partial charge >= 0.3 is 0 Å². The second-order valence-corrected chi connectivity index (χ2v) is 19.3. The minimum Gasteiger partial charge on any atom is -0.385 e. The Balaban J connectivity index is 0.772. The lowest BCUT2D eigenvalue weighted by Gasteiger charge is -2.33. The van der Waals surface area contributed by atoms with Gasteiger partial charge in [0, 0.05) is 116 Å². The van der Waals surface area contributed by atoms with E-state index in [9.17, 15) is 23.2 Å². The number of carbonyl (C=O) groups is 3. The van der Waals surface area contributed by atoms with Crippen molar-refractivity contribution >= 4 is 51.4 Å². The zero-order valence-corrected chi connectivity index (χ0v) is 39.5. The molecule has 6 heterocycles. The standard InChI is InChI=1S/C49H63F2N11O3S/c1-32-24-37(13-14-39(32)48(65)56-49-54-27-33(2)66-49)52-18-9-7-5-6-8-10-19-53-45(64)31-59-21-15-38(16-22-59)62-43-17-23-60(34(3)63)30-42(43)47(57-62)61-20-11-12-35-25-40(36-28-55-58(4)29-36)41(46(50)51)26-44(35)61/h13-14,24-29,38,46,52H,5-12,15-23,30-31H2,1-4H3,(H,53,64)(H,54,56,65). The lowest BCUT2D eigenvalue weighted by atomic mass is 9.92. The van der Waals surface area contributed by atoms with Gasteiger partial charge in [-0.1, -0.05) is 25.7 Å². The van der Waals surface area contributed by atoms with E-state index in [2.05, 4.69) is 40.5 Å². The fraction of sp³-hybridized carbons (Fsp3) is 0.510. The number of hydrogen-bond acceptors (Lipinski definition) is 10. The molecule has 0 radical (unpaired) electrons. The molecule has 0 bridgehead atoms. The molecule has 352 valence electrons. The number of benzene rings is 2. The Labute approximate surface area is 390 Å². The second kappa shape index (κ2) is 21.3. The Kier molecular flexibility index (Phi) is 15.1. The average molecular weight is 924 g/mol. The highest BCUT2D eigenvalue weighted by atomic mass is 32.1. The van der Waals surface area contributed by atoms with Gasteiger partial charge in [-0.3, -0.25) is 34.0 Å². The topological polar surface area (TPSA) is 146 Å². The number of thiazole rings is 1. The number of nitrogens with one attached hydrogen (secondary N) is 3. The van der Waals surface area contributed by atoms with Gasteiger partial charge in [0.1, 0.15) is 0 Å². The first-order valence-electron chi connectivity index (χ1n) is 23.6. The Hall–Kier alpha value is -5.68. The van der Waals surface area contributed by atoms with Crippen molar-refractivity contribution in [3.05, 3.63) is 87.3 Å². The average Bonchev–Trinajstić information content (AvgIpc) is 4.04. The molecule has 1 saturated heterocycles. The highest BCUT2D eigenvalue weighted by Gasteiger charge is 2.35. The summed E-state index contributed by atoms with van der Waals surface area (Å²) in [5, 5.41) is 19.6. The maximum atomic E-state index is 14.7. The van der Waals surface area contributed by atoms with Crippen LogP contribution in [-0.4, -0.2) is 97.9 Å². The van der Waals surface area contributed by atoms with Crippen LogP contribution in [0, 0.1) is 13.8 Å². The van der Waals surface area contributed by atoms with E-state index in [0.717, 1.165) is 128 Å². The number of rotatable bonds is 18. The number of anilines is 4. The van der Waals surface area contributed by atoms with Gasteiger partial charge in [-0.05, 0) is 99.4 Å². The summed E-state index contributed by atoms with van der Waals surface area (Å²) in [5.41, 5.74) is 7.59. The lowest BCUT2D eigenvalue weighted by molar-refractivity contribution is -0.129. The van der Waals surface area contributed by atoms with Crippen molar-refractivity contribution in [1.82, 2.24) is 39.7 Å². The number of fused-ring (bicyclic) bond motifs is 2. The highest BCUT2D eigenvalue weighted by Crippen LogP contribution is 2.44. The van der Waals surface area contributed by atoms with Gasteiger partial charge in [0.15, 0.2) is 10.9 Å². The lowest BCUT2D eigenvalue weighted by Crippen LogP contribution is -2.42. The molecule has 0 unspecified atom stereocenters. The number of nitrogens with zero attached hydrogens (tertiary/aromatic N) is 8. The van der Waals surface area contributed by atoms with Gasteiger partial charge in [-0.2, -0.15) is 10.2 Å². The van der Waals surface area contributed by atoms with Crippen molar-refractivity contribution in [1.29, 1.82) is 0 Å². The number of alkyl halides is 2. The number of hydrogen-bond donors (Lipinski definition) is 3. The Morgan fingerprint density at radius 1 is 0.924 bits per heavy atom. The number of likely N-dealkylation sites (tertiary alicyclic amines) is 1. The van der Waals surface area contributed by atoms with Gasteiger partial charge in [-0.25, -0.2) is 13.8 Å². The first kappa shape index (κ1) is 46.8. The summed E-state index contributed by atoms with van der Waals surface area (Å²) in [6.45, 7) is 10.7. The predicted molar refractivity (Wildman–Crippen MR) is 256 cm³/mol. The third-order valence-corrected chi connectivity index (χ3v) is 14.1. The summed E-state index contributed by atoms with van der Waals surface area (Å²) in [7, 11) is 1.78. The minimum absolute atomic E-state index is 0.00792. The van der Waals surface area contributed by atoms with E-state index in [4.69, 9.17) is 5.10 Å². The van der Waals surface area contributed by atoms with Crippen LogP contribution in [0.3, 0.4) is 0 Å². The van der Waals surface area contributed by atoms with Crippen molar-refractivity contribution in [2.24, 2.45) is 7.05 Å². The number of aryl methyl sites for hydroxylation is 4. The molecule has 5 aromatic rings. The molecule has 0 spiro atoms. The largest absolute Gasteiger partial charge is 0.385 e. The number of amides is 3. The molecule has 3 aromatic heterocycles. The monoisotopic (exact) mass is 923 g/mol. The normalized spacial score (nSPS) is 15.5. The van der Waals surface area contributed by atoms with Gasteiger partial charge in [0.2, 0.25) is 11.8 Å². The summed E-state index contributed by atoms with van der Waals surface area (Å²) in [5.74, 6) is 0.671. The second-order valence-electron chi connectivity index (χ2n) is 18.1. The quantitative estimate of drug-likeness (QED) is 0.0735. The van der Waals surface area contributed by atoms with E-state index in [1.807, 2.05) is 43.0 Å². The molecule has 8 rings (SSSR count). The molecular weight excluding hydrogens is 861 g/mol. The number of unbranched alkanes of at least 4 members (excludes halogenated alkanes) is 5. The third-order valence-electron chi connectivity index (χ3n) is 13.2. The first-order valence-corrected chi connectivity index (χ1v) is 24.4. The van der Waals surface area contributed by atoms with E-state index in [0.29, 0.717) is 61.0 Å². The first-order chi connectivity index (χ1) is 31.9. The van der Waals surface area contributed by atoms with Crippen LogP contribution in [0.1, 0.15) is 120 Å². The predicted octanol–water partition coefficient (Wildman–Crippen LogP) is 8.74. The summed E-state index contributed by atoms with van der Waals surface area (Å²) in [6, 6.07) is 9.50. The molecule has 0 aliphatic carbocycles. The maximum absolute atomic E-state index is 14.7. The van der Waals surface area contributed by atoms with Crippen LogP contribution in [0.5, 0.6) is 0 Å². The summed E-state index contributed by atoms with van der Waals surface area (Å²) in [6.07, 6.45) is 13.0. The molecular formula is C49H63F2N11O3S. The molecule has 14 nitrogen and oxygen atoms in total. The molecule has 3 amide bonds. The zero-order valence-electron chi connectivity index (χ0n) is 38.7. The van der Waals surface area contributed by atoms with Crippen LogP contribution in [-0.2, 0) is 36.0 Å². The van der Waals surface area contributed by atoms with Crippen LogP contribution in [0.25, 0.3) is 11.1 Å². The molecule has 3 aliphatic heterocycles. The van der Waals surface area contributed by atoms with Crippen molar-refractivity contribution in [3.63, 3.8) is 0 Å². The van der Waals surface area contributed by atoms with Crippen LogP contribution in [0.4, 0.5) is 31.1 Å². The fourth-order valence-corrected chi connectivity index (χ4v) is 10.3. The van der Waals surface area contributed by atoms with Crippen molar-refractivity contribution in [2.75, 3.05) is 61.3 Å². The molecule has 2 aromatic carbocycles. The fourth-order valence-electron chi connectivity index (χ4n) is 9.68. The van der Waals surface area contributed by atoms with E-state index in [1.165, 1.54) is 11.3 Å². The Morgan fingerprint density at radius 2 is 1.70 bits per heavy atom. The molecule has 66 heavy (non-hydrogen) atoms. The summed E-state index contributed by atoms with van der Waals surface area (Å²) >= 11 is 1.46. The van der Waals surface area contributed by atoms with Crippen molar-refractivity contribution < 1.29 is 23.2 Å². The van der Waals surface area contributed by atoms with Gasteiger partial charge in [0.25, 0.3) is 12.3 Å². The number of carbonyl (C=O) groups excluding carboxylic acids is 3. The number of piperidine rings is 1. The van der Waals surface area contributed by atoms with E-state index >= 15 is 0 Å². The maximum Gasteiger partial charge on any atom is 0.264 e. The smallest absolute Gasteiger partial charge is 0.264 e. The van der Waals surface area contributed by atoms with E-state index in [1.54, 1.807) is 43.3 Å². The third kappa shape index (κ3) is 11.1. The van der Waals surface area contributed by atoms with Crippen LogP contribution in [0.2, 0.25) is 0 Å². The molecule has 3 N–H and O–H groups in total. The molecule has 0 saturated carbocycles. The van der Waals surface area contributed by atoms with Crippen molar-refractivity contribution in [3.8, 4) is 11.1 Å². The van der Waals surface area contributed by atoms with E-state index < -0.39 is 6.43 Å². The molecule has 0 atom stereocenters. The minimum atomic E-state index is -2.66. The summed E-state index contributed by atoms with van der Waals surface area (Å²) < 4.78 is 33.2. The van der Waals surface area contributed by atoms with Gasteiger partial charge < -0.3 is 20.4 Å². The Bertz CT molecular complexity index is 2510. The number of halogens is 2. The van der Waals surface area contributed by atoms with Gasteiger partial charge in [0.05, 0.1) is 25.3 Å². The Morgan fingerprint density at radius 3 is 2.39 bits per heavy atom. The zero-order chi connectivity index (χ0) is 46.3. The van der Waals surface area contributed by atoms with Crippen LogP contribution in [0.15, 0.2) is 48.9 Å². The summed E-state index contributed by atoms with van der Waals surface area (Å²) in [4.78, 5) is 49.7. The SMILES string of the molecule is CC(=O)N1CCc2c(c(N3CCCc4cc(-c5cnn(C)c5)c(C(F)F)cc43)nn2C2CCN(CC(=O)NCCCCCCCCNc3ccc(C(=O)Nc4ncc(C)s4)c(C)c3)CC2)C1. The molecule has 3 aliphatic rings. The molecule has 17 heteroatoms. The molecule has 1 fully saturated rings. The van der Waals surface area contributed by atoms with Gasteiger partial charge in [-0.15, -0.1) is 11.3 Å².